The van der Waals surface area contributed by atoms with Gasteiger partial charge in [-0.25, -0.2) is 0 Å². The minimum atomic E-state index is 0.326. The predicted molar refractivity (Wildman–Crippen MR) is 75.4 cm³/mol. The molecule has 18 heavy (non-hydrogen) atoms. The number of piperazine rings is 1. The highest BCUT2D eigenvalue weighted by molar-refractivity contribution is 5.19. The van der Waals surface area contributed by atoms with Crippen molar-refractivity contribution in [2.75, 3.05) is 13.1 Å². The zero-order valence-corrected chi connectivity index (χ0v) is 11.7. The van der Waals surface area contributed by atoms with Crippen LogP contribution in [0.25, 0.3) is 0 Å². The molecule has 0 spiro atoms. The fourth-order valence-corrected chi connectivity index (χ4v) is 3.53. The Balaban J connectivity index is 1.75. The van der Waals surface area contributed by atoms with E-state index in [9.17, 15) is 0 Å². The summed E-state index contributed by atoms with van der Waals surface area (Å²) in [5, 5.41) is 3.78. The monoisotopic (exact) mass is 244 g/mol. The maximum Gasteiger partial charge on any atom is 0.0373 e. The van der Waals surface area contributed by atoms with Gasteiger partial charge in [0.25, 0.3) is 0 Å². The highest BCUT2D eigenvalue weighted by atomic mass is 15.3. The van der Waals surface area contributed by atoms with E-state index < -0.39 is 0 Å². The first-order valence-electron chi connectivity index (χ1n) is 7.03. The summed E-state index contributed by atoms with van der Waals surface area (Å²) in [7, 11) is 0. The molecule has 0 aromatic heterocycles. The molecule has 1 N–H and O–H groups in total. The third-order valence-corrected chi connectivity index (χ3v) is 4.91. The first-order chi connectivity index (χ1) is 8.50. The van der Waals surface area contributed by atoms with Crippen molar-refractivity contribution in [3.05, 3.63) is 35.9 Å². The van der Waals surface area contributed by atoms with Crippen molar-refractivity contribution in [1.29, 1.82) is 0 Å². The third kappa shape index (κ3) is 1.88. The summed E-state index contributed by atoms with van der Waals surface area (Å²) in [6, 6.07) is 11.6. The predicted octanol–water partition coefficient (Wildman–Crippen LogP) is 2.65. The van der Waals surface area contributed by atoms with Crippen molar-refractivity contribution in [1.82, 2.24) is 10.2 Å². The van der Waals surface area contributed by atoms with E-state index in [2.05, 4.69) is 61.3 Å². The fraction of sp³-hybridized carbons (Fsp3) is 0.625. The van der Waals surface area contributed by atoms with Gasteiger partial charge in [-0.2, -0.15) is 0 Å². The summed E-state index contributed by atoms with van der Waals surface area (Å²) in [6.45, 7) is 10.6. The first kappa shape index (κ1) is 12.2. The van der Waals surface area contributed by atoms with Crippen LogP contribution in [0.2, 0.25) is 0 Å². The number of nitrogens with one attached hydrogen (secondary N) is 1. The molecule has 2 heterocycles. The molecule has 98 valence electrons. The Hall–Kier alpha value is -0.860. The van der Waals surface area contributed by atoms with Crippen LogP contribution in [-0.2, 0) is 6.54 Å². The van der Waals surface area contributed by atoms with Gasteiger partial charge in [-0.1, -0.05) is 51.1 Å². The van der Waals surface area contributed by atoms with Crippen molar-refractivity contribution in [3.8, 4) is 0 Å². The third-order valence-electron chi connectivity index (χ3n) is 4.91. The highest BCUT2D eigenvalue weighted by Crippen LogP contribution is 2.44. The minimum absolute atomic E-state index is 0.326. The number of hydrogen-bond acceptors (Lipinski definition) is 2. The molecular formula is C16H24N2. The van der Waals surface area contributed by atoms with Gasteiger partial charge in [-0.15, -0.1) is 0 Å². The van der Waals surface area contributed by atoms with Crippen LogP contribution in [0.15, 0.2) is 30.3 Å². The number of hydrogen-bond donors (Lipinski definition) is 1. The maximum atomic E-state index is 3.78. The zero-order valence-electron chi connectivity index (χ0n) is 11.7. The molecule has 2 bridgehead atoms. The number of nitrogens with zero attached hydrogens (tertiary/aromatic N) is 1. The molecule has 0 radical (unpaired) electrons. The Morgan fingerprint density at radius 2 is 2.00 bits per heavy atom. The van der Waals surface area contributed by atoms with Crippen LogP contribution in [-0.4, -0.2) is 29.6 Å². The van der Waals surface area contributed by atoms with E-state index in [0.29, 0.717) is 11.0 Å². The van der Waals surface area contributed by atoms with Crippen LogP contribution in [0.4, 0.5) is 0 Å². The van der Waals surface area contributed by atoms with E-state index in [1.807, 2.05) is 0 Å². The van der Waals surface area contributed by atoms with Crippen molar-refractivity contribution < 1.29 is 0 Å². The molecule has 2 aliphatic heterocycles. The van der Waals surface area contributed by atoms with E-state index in [4.69, 9.17) is 0 Å². The highest BCUT2D eigenvalue weighted by Gasteiger charge is 2.54. The molecule has 2 aliphatic rings. The first-order valence-corrected chi connectivity index (χ1v) is 7.03. The second-order valence-corrected chi connectivity index (χ2v) is 6.96. The van der Waals surface area contributed by atoms with Crippen molar-refractivity contribution >= 4 is 0 Å². The fourth-order valence-electron chi connectivity index (χ4n) is 3.53. The van der Waals surface area contributed by atoms with Gasteiger partial charge in [-0.05, 0) is 17.4 Å². The van der Waals surface area contributed by atoms with E-state index in [1.165, 1.54) is 18.5 Å². The lowest BCUT2D eigenvalue weighted by Gasteiger charge is -2.43. The Bertz CT molecular complexity index is 420. The molecule has 2 fully saturated rings. The molecule has 3 rings (SSSR count). The molecule has 1 aromatic rings. The van der Waals surface area contributed by atoms with Crippen molar-refractivity contribution in [2.45, 2.75) is 45.3 Å². The summed E-state index contributed by atoms with van der Waals surface area (Å²) >= 11 is 0. The molecule has 0 amide bonds. The molecule has 0 unspecified atom stereocenters. The van der Waals surface area contributed by atoms with Gasteiger partial charge in [-0.3, -0.25) is 4.90 Å². The van der Waals surface area contributed by atoms with Crippen molar-refractivity contribution in [3.63, 3.8) is 0 Å². The Kier molecular flexibility index (Phi) is 2.76. The average molecular weight is 244 g/mol. The summed E-state index contributed by atoms with van der Waals surface area (Å²) in [6.07, 6.45) is 1.31. The van der Waals surface area contributed by atoms with Gasteiger partial charge < -0.3 is 5.32 Å². The average Bonchev–Trinajstić information content (AvgIpc) is 2.89. The standard InChI is InChI=1S/C16H24N2/c1-15(2,3)16-9-14(10-17-16)18(12-16)11-13-7-5-4-6-8-13/h4-8,14,17H,9-12H2,1-3H3/t14-,16-/m0/s1. The lowest BCUT2D eigenvalue weighted by Crippen LogP contribution is -2.57. The summed E-state index contributed by atoms with van der Waals surface area (Å²) in [4.78, 5) is 2.66. The van der Waals surface area contributed by atoms with Crippen LogP contribution in [0, 0.1) is 5.41 Å². The molecule has 1 aromatic carbocycles. The smallest absolute Gasteiger partial charge is 0.0373 e. The van der Waals surface area contributed by atoms with Crippen LogP contribution in [0.3, 0.4) is 0 Å². The number of rotatable bonds is 2. The second kappa shape index (κ2) is 4.07. The van der Waals surface area contributed by atoms with E-state index in [0.717, 1.165) is 19.1 Å². The van der Waals surface area contributed by atoms with Crippen LogP contribution in [0.5, 0.6) is 0 Å². The number of fused-ring (bicyclic) bond motifs is 2. The molecule has 0 aliphatic carbocycles. The van der Waals surface area contributed by atoms with E-state index in [-0.39, 0.29) is 0 Å². The van der Waals surface area contributed by atoms with Gasteiger partial charge in [0.15, 0.2) is 0 Å². The van der Waals surface area contributed by atoms with Gasteiger partial charge in [0.1, 0.15) is 0 Å². The maximum absolute atomic E-state index is 3.78. The second-order valence-electron chi connectivity index (χ2n) is 6.96. The zero-order chi connectivity index (χ0) is 12.8. The number of likely N-dealkylation sites (tertiary alicyclic amines) is 1. The molecular weight excluding hydrogens is 220 g/mol. The largest absolute Gasteiger partial charge is 0.308 e. The normalized spacial score (nSPS) is 32.1. The van der Waals surface area contributed by atoms with Gasteiger partial charge >= 0.3 is 0 Å². The van der Waals surface area contributed by atoms with Crippen LogP contribution >= 0.6 is 0 Å². The lowest BCUT2D eigenvalue weighted by molar-refractivity contribution is 0.116. The molecule has 0 saturated carbocycles. The Morgan fingerprint density at radius 1 is 1.28 bits per heavy atom. The van der Waals surface area contributed by atoms with Gasteiger partial charge in [0, 0.05) is 31.2 Å². The lowest BCUT2D eigenvalue weighted by atomic mass is 9.74. The summed E-state index contributed by atoms with van der Waals surface area (Å²) in [5.74, 6) is 0. The topological polar surface area (TPSA) is 15.3 Å². The van der Waals surface area contributed by atoms with E-state index in [1.54, 1.807) is 0 Å². The van der Waals surface area contributed by atoms with Crippen LogP contribution < -0.4 is 5.32 Å². The minimum Gasteiger partial charge on any atom is -0.308 e. The summed E-state index contributed by atoms with van der Waals surface area (Å²) in [5.41, 5.74) is 2.11. The number of benzene rings is 1. The Labute approximate surface area is 110 Å². The summed E-state index contributed by atoms with van der Waals surface area (Å²) < 4.78 is 0. The van der Waals surface area contributed by atoms with Crippen molar-refractivity contribution in [2.24, 2.45) is 5.41 Å². The molecule has 2 heteroatoms. The van der Waals surface area contributed by atoms with E-state index >= 15 is 0 Å². The molecule has 2 atom stereocenters. The Morgan fingerprint density at radius 3 is 2.61 bits per heavy atom. The van der Waals surface area contributed by atoms with Crippen LogP contribution in [0.1, 0.15) is 32.8 Å². The quantitative estimate of drug-likeness (QED) is 0.860. The van der Waals surface area contributed by atoms with Gasteiger partial charge in [0.05, 0.1) is 0 Å². The molecule has 2 nitrogen and oxygen atoms in total. The van der Waals surface area contributed by atoms with Gasteiger partial charge in [0.2, 0.25) is 0 Å². The SMILES string of the molecule is CC(C)(C)[C@@]12C[C@@H](CN1)N(Cc1ccccc1)C2. The molecule has 2 saturated heterocycles.